The van der Waals surface area contributed by atoms with E-state index >= 15 is 0 Å². The van der Waals surface area contributed by atoms with Crippen LogP contribution in [0.15, 0.2) is 47.0 Å². The lowest BCUT2D eigenvalue weighted by molar-refractivity contribution is -0.660. The van der Waals surface area contributed by atoms with E-state index in [2.05, 4.69) is 88.8 Å². The largest absolute Gasteiger partial charge is 0.455 e. The molecule has 2 aromatic carbocycles. The van der Waals surface area contributed by atoms with Crippen molar-refractivity contribution in [1.29, 1.82) is 0 Å². The maximum Gasteiger partial charge on any atom is 0.216 e. The molecule has 6 rings (SSSR count). The Morgan fingerprint density at radius 2 is 1.65 bits per heavy atom. The number of nitrogens with zero attached hydrogens (tertiary/aromatic N) is 1. The van der Waals surface area contributed by atoms with Gasteiger partial charge >= 0.3 is 0 Å². The quantitative estimate of drug-likeness (QED) is 0.279. The molecule has 1 saturated carbocycles. The van der Waals surface area contributed by atoms with E-state index in [9.17, 15) is 0 Å². The Hall–Kier alpha value is -2.61. The lowest BCUT2D eigenvalue weighted by Gasteiger charge is -2.42. The van der Waals surface area contributed by atoms with Crippen LogP contribution in [0.3, 0.4) is 0 Å². The highest BCUT2D eigenvalue weighted by Crippen LogP contribution is 2.51. The van der Waals surface area contributed by atoms with E-state index in [4.69, 9.17) is 4.42 Å². The van der Waals surface area contributed by atoms with E-state index in [1.54, 1.807) is 0 Å². The first-order valence-electron chi connectivity index (χ1n) is 13.2. The third kappa shape index (κ3) is 3.17. The minimum atomic E-state index is 0.138. The Kier molecular flexibility index (Phi) is 4.79. The molecule has 2 aromatic heterocycles. The summed E-state index contributed by atoms with van der Waals surface area (Å²) in [5, 5.41) is 2.60. The molecule has 0 spiro atoms. The van der Waals surface area contributed by atoms with Crippen molar-refractivity contribution in [3.63, 3.8) is 0 Å². The zero-order valence-corrected chi connectivity index (χ0v) is 21.7. The normalized spacial score (nSPS) is 19.7. The molecule has 0 N–H and O–H groups in total. The number of furan rings is 1. The SMILES string of the molecule is Cc1ccc2c(oc3ccc4c(c32)C(C)(C)CCC4(C)C)c1-c1cc(C2CCCC2)cc[n+]1C. The summed E-state index contributed by atoms with van der Waals surface area (Å²) in [6, 6.07) is 13.9. The van der Waals surface area contributed by atoms with Gasteiger partial charge in [-0.3, -0.25) is 0 Å². The Balaban J connectivity index is 1.66. The molecule has 2 aliphatic carbocycles. The molecule has 0 bridgehead atoms. The predicted octanol–water partition coefficient (Wildman–Crippen LogP) is 8.39. The van der Waals surface area contributed by atoms with E-state index in [0.29, 0.717) is 5.92 Å². The average Bonchev–Trinajstić information content (AvgIpc) is 3.45. The predicted molar refractivity (Wildman–Crippen MR) is 142 cm³/mol. The van der Waals surface area contributed by atoms with E-state index in [1.165, 1.54) is 82.8 Å². The number of aryl methyl sites for hydroxylation is 2. The van der Waals surface area contributed by atoms with E-state index in [-0.39, 0.29) is 10.8 Å². The topological polar surface area (TPSA) is 17.0 Å². The fraction of sp³-hybridized carbons (Fsp3) is 0.469. The number of fused-ring (bicyclic) bond motifs is 5. The van der Waals surface area contributed by atoms with Crippen molar-refractivity contribution >= 4 is 21.9 Å². The average molecular weight is 453 g/mol. The number of aromatic nitrogens is 1. The van der Waals surface area contributed by atoms with Crippen LogP contribution in [0.5, 0.6) is 0 Å². The molecule has 2 aliphatic rings. The summed E-state index contributed by atoms with van der Waals surface area (Å²) in [5.41, 5.74) is 10.7. The van der Waals surface area contributed by atoms with Crippen LogP contribution in [0, 0.1) is 6.92 Å². The summed E-state index contributed by atoms with van der Waals surface area (Å²) in [6.45, 7) is 11.9. The number of benzene rings is 2. The van der Waals surface area contributed by atoms with Gasteiger partial charge in [-0.15, -0.1) is 0 Å². The summed E-state index contributed by atoms with van der Waals surface area (Å²) < 4.78 is 9.03. The van der Waals surface area contributed by atoms with Gasteiger partial charge in [0.25, 0.3) is 0 Å². The highest BCUT2D eigenvalue weighted by Gasteiger charge is 2.39. The number of hydrogen-bond donors (Lipinski definition) is 0. The van der Waals surface area contributed by atoms with Crippen LogP contribution in [-0.4, -0.2) is 0 Å². The summed E-state index contributed by atoms with van der Waals surface area (Å²) >= 11 is 0. The maximum absolute atomic E-state index is 6.75. The van der Waals surface area contributed by atoms with Crippen LogP contribution < -0.4 is 4.57 Å². The minimum absolute atomic E-state index is 0.138. The zero-order valence-electron chi connectivity index (χ0n) is 21.7. The van der Waals surface area contributed by atoms with E-state index in [0.717, 1.165) is 11.2 Å². The molecule has 0 saturated heterocycles. The third-order valence-corrected chi connectivity index (χ3v) is 9.05. The highest BCUT2D eigenvalue weighted by atomic mass is 16.3. The molecule has 2 heterocycles. The number of rotatable bonds is 2. The Labute approximate surface area is 204 Å². The summed E-state index contributed by atoms with van der Waals surface area (Å²) in [6.07, 6.45) is 10.0. The van der Waals surface area contributed by atoms with Gasteiger partial charge in [-0.25, -0.2) is 4.57 Å². The van der Waals surface area contributed by atoms with Crippen molar-refractivity contribution in [2.24, 2.45) is 7.05 Å². The van der Waals surface area contributed by atoms with Gasteiger partial charge in [-0.1, -0.05) is 58.7 Å². The second-order valence-corrected chi connectivity index (χ2v) is 12.3. The fourth-order valence-electron chi connectivity index (χ4n) is 6.85. The van der Waals surface area contributed by atoms with Gasteiger partial charge in [-0.05, 0) is 77.7 Å². The van der Waals surface area contributed by atoms with Crippen molar-refractivity contribution in [1.82, 2.24) is 0 Å². The molecule has 0 atom stereocenters. The first kappa shape index (κ1) is 21.9. The lowest BCUT2D eigenvalue weighted by atomic mass is 9.62. The molecule has 1 fully saturated rings. The monoisotopic (exact) mass is 452 g/mol. The van der Waals surface area contributed by atoms with Crippen LogP contribution in [0.4, 0.5) is 0 Å². The van der Waals surface area contributed by atoms with Crippen molar-refractivity contribution in [2.75, 3.05) is 0 Å². The second-order valence-electron chi connectivity index (χ2n) is 12.3. The molecule has 0 amide bonds. The standard InChI is InChI=1S/C32H38NO/c1-20-11-12-23-28-26(14-13-24-29(28)32(4,5)17-16-31(24,2)3)34-30(23)27(20)25-19-22(15-18-33(25)6)21-9-7-8-10-21/h11-15,18-19,21H,7-10,16-17H2,1-6H3/q+1. The fourth-order valence-corrected chi connectivity index (χ4v) is 6.85. The van der Waals surface area contributed by atoms with Gasteiger partial charge < -0.3 is 4.42 Å². The highest BCUT2D eigenvalue weighted by molar-refractivity contribution is 6.12. The first-order chi connectivity index (χ1) is 16.2. The molecule has 0 radical (unpaired) electrons. The van der Waals surface area contributed by atoms with Gasteiger partial charge in [0.1, 0.15) is 18.2 Å². The molecule has 2 heteroatoms. The van der Waals surface area contributed by atoms with Gasteiger partial charge in [0.15, 0.2) is 6.20 Å². The van der Waals surface area contributed by atoms with Crippen molar-refractivity contribution in [3.8, 4) is 11.3 Å². The second kappa shape index (κ2) is 7.44. The molecule has 4 aromatic rings. The maximum atomic E-state index is 6.75. The van der Waals surface area contributed by atoms with Crippen LogP contribution in [0.1, 0.15) is 94.4 Å². The third-order valence-electron chi connectivity index (χ3n) is 9.05. The molecule has 176 valence electrons. The molecular formula is C32H38NO+. The van der Waals surface area contributed by atoms with Crippen LogP contribution in [-0.2, 0) is 17.9 Å². The molecule has 2 nitrogen and oxygen atoms in total. The van der Waals surface area contributed by atoms with Gasteiger partial charge in [-0.2, -0.15) is 0 Å². The van der Waals surface area contributed by atoms with Crippen LogP contribution in [0.25, 0.3) is 33.2 Å². The lowest BCUT2D eigenvalue weighted by Crippen LogP contribution is -2.33. The molecule has 0 unspecified atom stereocenters. The Morgan fingerprint density at radius 3 is 2.41 bits per heavy atom. The van der Waals surface area contributed by atoms with Gasteiger partial charge in [0.05, 0.1) is 5.56 Å². The van der Waals surface area contributed by atoms with Crippen molar-refractivity contribution < 1.29 is 8.98 Å². The van der Waals surface area contributed by atoms with Crippen LogP contribution >= 0.6 is 0 Å². The Morgan fingerprint density at radius 1 is 0.912 bits per heavy atom. The van der Waals surface area contributed by atoms with Gasteiger partial charge in [0.2, 0.25) is 5.69 Å². The number of hydrogen-bond acceptors (Lipinski definition) is 1. The zero-order chi connectivity index (χ0) is 23.8. The summed E-state index contributed by atoms with van der Waals surface area (Å²) in [7, 11) is 2.17. The van der Waals surface area contributed by atoms with Gasteiger partial charge in [0, 0.05) is 22.9 Å². The molecule has 34 heavy (non-hydrogen) atoms. The summed E-state index contributed by atoms with van der Waals surface area (Å²) in [4.78, 5) is 0. The molecule has 0 aliphatic heterocycles. The van der Waals surface area contributed by atoms with Crippen molar-refractivity contribution in [2.45, 2.75) is 89.9 Å². The summed E-state index contributed by atoms with van der Waals surface area (Å²) in [5.74, 6) is 0.699. The number of pyridine rings is 1. The molecular weight excluding hydrogens is 414 g/mol. The van der Waals surface area contributed by atoms with Crippen LogP contribution in [0.2, 0.25) is 0 Å². The Bertz CT molecular complexity index is 1430. The van der Waals surface area contributed by atoms with Crippen molar-refractivity contribution in [3.05, 3.63) is 64.8 Å². The van der Waals surface area contributed by atoms with E-state index in [1.807, 2.05) is 0 Å². The minimum Gasteiger partial charge on any atom is -0.455 e. The van der Waals surface area contributed by atoms with E-state index < -0.39 is 0 Å². The first-order valence-corrected chi connectivity index (χ1v) is 13.2. The smallest absolute Gasteiger partial charge is 0.216 e.